The molecule has 5 nitrogen and oxygen atoms in total. The van der Waals surface area contributed by atoms with E-state index in [-0.39, 0.29) is 30.4 Å². The van der Waals surface area contributed by atoms with Crippen molar-refractivity contribution in [3.05, 3.63) is 29.6 Å². The van der Waals surface area contributed by atoms with E-state index in [1.165, 1.54) is 30.1 Å². The number of rotatable bonds is 4. The van der Waals surface area contributed by atoms with Gasteiger partial charge in [-0.2, -0.15) is 0 Å². The van der Waals surface area contributed by atoms with E-state index in [4.69, 9.17) is 5.73 Å². The van der Waals surface area contributed by atoms with E-state index in [0.29, 0.717) is 5.69 Å². The largest absolute Gasteiger partial charge is 0.385 e. The van der Waals surface area contributed by atoms with Gasteiger partial charge >= 0.3 is 0 Å². The van der Waals surface area contributed by atoms with Crippen LogP contribution in [-0.2, 0) is 10.3 Å². The first-order chi connectivity index (χ1) is 11.9. The fourth-order valence-electron chi connectivity index (χ4n) is 3.31. The number of anilines is 1. The van der Waals surface area contributed by atoms with E-state index in [0.717, 1.165) is 0 Å². The summed E-state index contributed by atoms with van der Waals surface area (Å²) in [7, 11) is 1.52. The molecule has 2 aliphatic rings. The SMILES string of the molecule is CN1C(=O)C(C)(C)C(C)(c2cc(NCC3CC3(F)F)ccc2F)N=C1N. The molecule has 8 heteroatoms. The maximum Gasteiger partial charge on any atom is 0.253 e. The van der Waals surface area contributed by atoms with Crippen molar-refractivity contribution in [1.82, 2.24) is 4.90 Å². The Kier molecular flexibility index (Phi) is 4.01. The first-order valence-electron chi connectivity index (χ1n) is 8.45. The number of carbonyl (C=O) groups is 1. The highest BCUT2D eigenvalue weighted by molar-refractivity contribution is 6.01. The van der Waals surface area contributed by atoms with Crippen LogP contribution in [-0.4, -0.2) is 36.3 Å². The van der Waals surface area contributed by atoms with Gasteiger partial charge in [0.2, 0.25) is 5.91 Å². The van der Waals surface area contributed by atoms with Crippen LogP contribution in [0.15, 0.2) is 23.2 Å². The van der Waals surface area contributed by atoms with Crippen LogP contribution in [0.25, 0.3) is 0 Å². The van der Waals surface area contributed by atoms with Gasteiger partial charge in [-0.1, -0.05) is 0 Å². The van der Waals surface area contributed by atoms with Crippen molar-refractivity contribution in [3.8, 4) is 0 Å². The van der Waals surface area contributed by atoms with Crippen molar-refractivity contribution in [2.45, 2.75) is 38.7 Å². The van der Waals surface area contributed by atoms with Crippen LogP contribution in [0.4, 0.5) is 18.9 Å². The first kappa shape index (κ1) is 18.5. The minimum Gasteiger partial charge on any atom is -0.385 e. The van der Waals surface area contributed by atoms with Crippen molar-refractivity contribution in [2.24, 2.45) is 22.1 Å². The molecule has 1 aliphatic heterocycles. The van der Waals surface area contributed by atoms with E-state index < -0.39 is 28.6 Å². The third kappa shape index (κ3) is 2.71. The molecule has 142 valence electrons. The van der Waals surface area contributed by atoms with Gasteiger partial charge < -0.3 is 11.1 Å². The molecule has 0 saturated heterocycles. The number of nitrogens with two attached hydrogens (primary N) is 1. The molecule has 0 aromatic heterocycles. The predicted molar refractivity (Wildman–Crippen MR) is 93.5 cm³/mol. The molecule has 1 fully saturated rings. The number of nitrogens with one attached hydrogen (secondary N) is 1. The van der Waals surface area contributed by atoms with Gasteiger partial charge in [0.05, 0.1) is 5.41 Å². The Morgan fingerprint density at radius 2 is 1.96 bits per heavy atom. The van der Waals surface area contributed by atoms with Gasteiger partial charge in [-0.05, 0) is 39.0 Å². The molecule has 0 bridgehead atoms. The summed E-state index contributed by atoms with van der Waals surface area (Å²) >= 11 is 0. The molecule has 1 aliphatic carbocycles. The van der Waals surface area contributed by atoms with Gasteiger partial charge in [0.1, 0.15) is 11.4 Å². The lowest BCUT2D eigenvalue weighted by Gasteiger charge is -2.46. The third-order valence-corrected chi connectivity index (χ3v) is 5.74. The summed E-state index contributed by atoms with van der Waals surface area (Å²) in [5.41, 5.74) is 4.28. The number of aliphatic imine (C=N–C) groups is 1. The number of nitrogens with zero attached hydrogens (tertiary/aromatic N) is 2. The molecule has 2 atom stereocenters. The highest BCUT2D eigenvalue weighted by Gasteiger charge is 2.56. The zero-order valence-electron chi connectivity index (χ0n) is 15.2. The second-order valence-electron chi connectivity index (χ2n) is 7.77. The lowest BCUT2D eigenvalue weighted by atomic mass is 9.67. The van der Waals surface area contributed by atoms with Crippen LogP contribution in [0.5, 0.6) is 0 Å². The average Bonchev–Trinajstić information content (AvgIpc) is 3.17. The van der Waals surface area contributed by atoms with Gasteiger partial charge in [0, 0.05) is 37.2 Å². The van der Waals surface area contributed by atoms with E-state index in [9.17, 15) is 18.0 Å². The molecule has 1 saturated carbocycles. The fourth-order valence-corrected chi connectivity index (χ4v) is 3.31. The van der Waals surface area contributed by atoms with Gasteiger partial charge in [-0.3, -0.25) is 9.69 Å². The molecule has 26 heavy (non-hydrogen) atoms. The monoisotopic (exact) mass is 368 g/mol. The fraction of sp³-hybridized carbons (Fsp3) is 0.556. The van der Waals surface area contributed by atoms with Crippen molar-refractivity contribution in [2.75, 3.05) is 18.9 Å². The molecule has 1 aromatic rings. The van der Waals surface area contributed by atoms with Crippen LogP contribution in [0.3, 0.4) is 0 Å². The van der Waals surface area contributed by atoms with Gasteiger partial charge in [-0.25, -0.2) is 18.2 Å². The minimum absolute atomic E-state index is 0.00668. The number of guanidine groups is 1. The van der Waals surface area contributed by atoms with Crippen molar-refractivity contribution in [1.29, 1.82) is 0 Å². The highest BCUT2D eigenvalue weighted by Crippen LogP contribution is 2.49. The first-order valence-corrected chi connectivity index (χ1v) is 8.45. The minimum atomic E-state index is -2.62. The third-order valence-electron chi connectivity index (χ3n) is 5.74. The summed E-state index contributed by atoms with van der Waals surface area (Å²) in [5, 5.41) is 2.92. The number of hydrogen-bond acceptors (Lipinski definition) is 4. The number of alkyl halides is 2. The van der Waals surface area contributed by atoms with E-state index >= 15 is 0 Å². The molecule has 0 radical (unpaired) electrons. The van der Waals surface area contributed by atoms with Gasteiger partial charge in [0.25, 0.3) is 5.92 Å². The van der Waals surface area contributed by atoms with E-state index in [2.05, 4.69) is 10.3 Å². The van der Waals surface area contributed by atoms with Crippen LogP contribution < -0.4 is 11.1 Å². The molecule has 1 heterocycles. The van der Waals surface area contributed by atoms with E-state index in [1.54, 1.807) is 20.8 Å². The molecule has 0 spiro atoms. The number of amides is 1. The number of hydrogen-bond donors (Lipinski definition) is 2. The average molecular weight is 368 g/mol. The van der Waals surface area contributed by atoms with Crippen molar-refractivity contribution < 1.29 is 18.0 Å². The number of carbonyl (C=O) groups excluding carboxylic acids is 1. The normalized spacial score (nSPS) is 29.3. The molecule has 1 aromatic carbocycles. The lowest BCUT2D eigenvalue weighted by molar-refractivity contribution is -0.140. The summed E-state index contributed by atoms with van der Waals surface area (Å²) in [6.45, 7) is 5.13. The predicted octanol–water partition coefficient (Wildman–Crippen LogP) is 2.92. The summed E-state index contributed by atoms with van der Waals surface area (Å²) in [4.78, 5) is 18.3. The quantitative estimate of drug-likeness (QED) is 0.858. The Morgan fingerprint density at radius 3 is 2.54 bits per heavy atom. The van der Waals surface area contributed by atoms with E-state index in [1.807, 2.05) is 0 Å². The Hall–Kier alpha value is -2.25. The molecular formula is C18H23F3N4O. The zero-order chi connectivity index (χ0) is 19.5. The number of halogens is 3. The summed E-state index contributed by atoms with van der Waals surface area (Å²) in [6, 6.07) is 4.26. The van der Waals surface area contributed by atoms with Gasteiger partial charge in [0.15, 0.2) is 5.96 Å². The number of benzene rings is 1. The van der Waals surface area contributed by atoms with Crippen LogP contribution >= 0.6 is 0 Å². The summed E-state index contributed by atoms with van der Waals surface area (Å²) in [6.07, 6.45) is -0.138. The topological polar surface area (TPSA) is 70.7 Å². The second-order valence-corrected chi connectivity index (χ2v) is 7.77. The Morgan fingerprint density at radius 1 is 1.35 bits per heavy atom. The molecule has 3 N–H and O–H groups in total. The Labute approximate surface area is 150 Å². The second kappa shape index (κ2) is 5.62. The lowest BCUT2D eigenvalue weighted by Crippen LogP contribution is -2.58. The maximum atomic E-state index is 14.6. The maximum absolute atomic E-state index is 14.6. The van der Waals surface area contributed by atoms with Crippen LogP contribution in [0, 0.1) is 17.2 Å². The zero-order valence-corrected chi connectivity index (χ0v) is 15.2. The van der Waals surface area contributed by atoms with Crippen molar-refractivity contribution >= 4 is 17.6 Å². The van der Waals surface area contributed by atoms with Crippen molar-refractivity contribution in [3.63, 3.8) is 0 Å². The van der Waals surface area contributed by atoms with Crippen LogP contribution in [0.2, 0.25) is 0 Å². The van der Waals surface area contributed by atoms with Crippen LogP contribution in [0.1, 0.15) is 32.8 Å². The summed E-state index contributed by atoms with van der Waals surface area (Å²) < 4.78 is 40.7. The Balaban J connectivity index is 1.96. The summed E-state index contributed by atoms with van der Waals surface area (Å²) in [5.74, 6) is -4.13. The standard InChI is InChI=1S/C18H23F3N4O/c1-16(2)14(26)25(4)15(22)24-17(16,3)12-7-11(5-6-13(12)19)23-9-10-8-18(10,20)21/h5-7,10,23H,8-9H2,1-4H3,(H2,22,24). The molecular weight excluding hydrogens is 345 g/mol. The smallest absolute Gasteiger partial charge is 0.253 e. The molecule has 2 unspecified atom stereocenters. The molecule has 3 rings (SSSR count). The molecule has 1 amide bonds. The Bertz CT molecular complexity index is 793. The van der Waals surface area contributed by atoms with Gasteiger partial charge in [-0.15, -0.1) is 0 Å². The highest BCUT2D eigenvalue weighted by atomic mass is 19.3.